The van der Waals surface area contributed by atoms with Gasteiger partial charge in [-0.1, -0.05) is 53.5 Å². The summed E-state index contributed by atoms with van der Waals surface area (Å²) in [6, 6.07) is 19.6. The highest BCUT2D eigenvalue weighted by atomic mass is 35.5. The van der Waals surface area contributed by atoms with E-state index in [4.69, 9.17) is 27.9 Å². The molecule has 1 N–H and O–H groups in total. The van der Waals surface area contributed by atoms with Gasteiger partial charge in [0.25, 0.3) is 10.0 Å². The molecule has 168 valence electrons. The Morgan fingerprint density at radius 3 is 2.31 bits per heavy atom. The number of sulfonamides is 1. The molecule has 0 spiro atoms. The lowest BCUT2D eigenvalue weighted by atomic mass is 10.2. The van der Waals surface area contributed by atoms with Crippen LogP contribution < -0.4 is 14.4 Å². The lowest BCUT2D eigenvalue weighted by Gasteiger charge is -2.25. The number of rotatable bonds is 9. The molecule has 0 aliphatic carbocycles. The number of halogens is 2. The van der Waals surface area contributed by atoms with Gasteiger partial charge < -0.3 is 10.1 Å². The standard InChI is InChI=1S/C23H22Cl2N2O4S/c1-2-31-19-11-8-17(9-12-19)15-26-23(28)16-27(22-13-10-18(24)14-21(22)25)32(29,30)20-6-4-3-5-7-20/h3-14H,2,15-16H2,1H3,(H,26,28). The Labute approximate surface area is 197 Å². The quantitative estimate of drug-likeness (QED) is 0.460. The van der Waals surface area contributed by atoms with Crippen molar-refractivity contribution in [2.24, 2.45) is 0 Å². The van der Waals surface area contributed by atoms with Crippen molar-refractivity contribution >= 4 is 44.8 Å². The van der Waals surface area contributed by atoms with Crippen LogP contribution in [0.2, 0.25) is 10.0 Å². The average molecular weight is 493 g/mol. The van der Waals surface area contributed by atoms with Gasteiger partial charge in [0.05, 0.1) is 22.2 Å². The third kappa shape index (κ3) is 5.94. The molecule has 0 aromatic heterocycles. The molecule has 0 saturated carbocycles. The van der Waals surface area contributed by atoms with Crippen molar-refractivity contribution in [3.63, 3.8) is 0 Å². The second-order valence-electron chi connectivity index (χ2n) is 6.77. The van der Waals surface area contributed by atoms with Crippen LogP contribution in [-0.4, -0.2) is 27.5 Å². The molecule has 3 aromatic carbocycles. The van der Waals surface area contributed by atoms with Crippen molar-refractivity contribution in [2.75, 3.05) is 17.5 Å². The molecule has 0 unspecified atom stereocenters. The summed E-state index contributed by atoms with van der Waals surface area (Å²) < 4.78 is 33.0. The first-order valence-corrected chi connectivity index (χ1v) is 12.0. The number of amides is 1. The molecule has 3 rings (SSSR count). The van der Waals surface area contributed by atoms with Crippen molar-refractivity contribution in [3.05, 3.63) is 88.4 Å². The van der Waals surface area contributed by atoms with Gasteiger partial charge in [0, 0.05) is 11.6 Å². The van der Waals surface area contributed by atoms with E-state index in [1.165, 1.54) is 30.3 Å². The predicted molar refractivity (Wildman–Crippen MR) is 127 cm³/mol. The summed E-state index contributed by atoms with van der Waals surface area (Å²) in [6.45, 7) is 2.25. The molecule has 0 aliphatic rings. The number of anilines is 1. The number of nitrogens with one attached hydrogen (secondary N) is 1. The van der Waals surface area contributed by atoms with Crippen LogP contribution in [0.1, 0.15) is 12.5 Å². The zero-order valence-corrected chi connectivity index (χ0v) is 19.6. The van der Waals surface area contributed by atoms with Crippen LogP contribution in [0, 0.1) is 0 Å². The van der Waals surface area contributed by atoms with Crippen LogP contribution in [0.15, 0.2) is 77.7 Å². The van der Waals surface area contributed by atoms with Gasteiger partial charge in [-0.25, -0.2) is 8.42 Å². The maximum absolute atomic E-state index is 13.3. The molecular weight excluding hydrogens is 471 g/mol. The van der Waals surface area contributed by atoms with E-state index in [9.17, 15) is 13.2 Å². The fourth-order valence-electron chi connectivity index (χ4n) is 2.96. The molecule has 9 heteroatoms. The predicted octanol–water partition coefficient (Wildman–Crippen LogP) is 4.90. The molecule has 3 aromatic rings. The lowest BCUT2D eigenvalue weighted by molar-refractivity contribution is -0.119. The second-order valence-corrected chi connectivity index (χ2v) is 9.48. The summed E-state index contributed by atoms with van der Waals surface area (Å²) in [4.78, 5) is 12.8. The Bertz CT molecular complexity index is 1170. The van der Waals surface area contributed by atoms with E-state index in [0.29, 0.717) is 11.6 Å². The molecular formula is C23H22Cl2N2O4S. The molecule has 0 bridgehead atoms. The SMILES string of the molecule is CCOc1ccc(CNC(=O)CN(c2ccc(Cl)cc2Cl)S(=O)(=O)c2ccccc2)cc1. The molecule has 0 atom stereocenters. The van der Waals surface area contributed by atoms with Gasteiger partial charge in [0.15, 0.2) is 0 Å². The van der Waals surface area contributed by atoms with E-state index in [2.05, 4.69) is 5.32 Å². The minimum Gasteiger partial charge on any atom is -0.494 e. The van der Waals surface area contributed by atoms with Crippen LogP contribution >= 0.6 is 23.2 Å². The maximum Gasteiger partial charge on any atom is 0.264 e. The smallest absolute Gasteiger partial charge is 0.264 e. The van der Waals surface area contributed by atoms with Crippen molar-refractivity contribution in [1.29, 1.82) is 0 Å². The van der Waals surface area contributed by atoms with E-state index in [-0.39, 0.29) is 22.2 Å². The third-order valence-corrected chi connectivity index (χ3v) is 6.83. The average Bonchev–Trinajstić information content (AvgIpc) is 2.78. The number of benzene rings is 3. The summed E-state index contributed by atoms with van der Waals surface area (Å²) in [6.07, 6.45) is 0. The van der Waals surface area contributed by atoms with Gasteiger partial charge in [-0.15, -0.1) is 0 Å². The van der Waals surface area contributed by atoms with Crippen molar-refractivity contribution in [3.8, 4) is 5.75 Å². The first-order chi connectivity index (χ1) is 15.3. The normalized spacial score (nSPS) is 11.1. The molecule has 0 aliphatic heterocycles. The van der Waals surface area contributed by atoms with E-state index in [0.717, 1.165) is 15.6 Å². The fourth-order valence-corrected chi connectivity index (χ4v) is 4.98. The molecule has 0 radical (unpaired) electrons. The Kier molecular flexibility index (Phi) is 8.01. The third-order valence-electron chi connectivity index (χ3n) is 4.52. The highest BCUT2D eigenvalue weighted by Crippen LogP contribution is 2.32. The van der Waals surface area contributed by atoms with Gasteiger partial charge in [-0.05, 0) is 55.0 Å². The maximum atomic E-state index is 13.3. The van der Waals surface area contributed by atoms with Crippen LogP contribution in [0.4, 0.5) is 5.69 Å². The molecule has 0 saturated heterocycles. The Morgan fingerprint density at radius 2 is 1.69 bits per heavy atom. The molecule has 6 nitrogen and oxygen atoms in total. The van der Waals surface area contributed by atoms with Gasteiger partial charge in [0.1, 0.15) is 12.3 Å². The minimum atomic E-state index is -4.05. The van der Waals surface area contributed by atoms with Crippen molar-refractivity contribution in [1.82, 2.24) is 5.32 Å². The Hall–Kier alpha value is -2.74. The summed E-state index contributed by atoms with van der Waals surface area (Å²) >= 11 is 12.2. The first-order valence-electron chi connectivity index (χ1n) is 9.82. The summed E-state index contributed by atoms with van der Waals surface area (Å²) in [5.74, 6) is 0.254. The highest BCUT2D eigenvalue weighted by molar-refractivity contribution is 7.92. The molecule has 1 amide bonds. The number of carbonyl (C=O) groups is 1. The topological polar surface area (TPSA) is 75.7 Å². The van der Waals surface area contributed by atoms with Crippen LogP contribution in [0.5, 0.6) is 5.75 Å². The Morgan fingerprint density at radius 1 is 1.00 bits per heavy atom. The van der Waals surface area contributed by atoms with Gasteiger partial charge >= 0.3 is 0 Å². The highest BCUT2D eigenvalue weighted by Gasteiger charge is 2.28. The zero-order chi connectivity index (χ0) is 23.1. The second kappa shape index (κ2) is 10.7. The van der Waals surface area contributed by atoms with Gasteiger partial charge in [-0.3, -0.25) is 9.10 Å². The van der Waals surface area contributed by atoms with Crippen LogP contribution in [0.3, 0.4) is 0 Å². The van der Waals surface area contributed by atoms with E-state index in [1.54, 1.807) is 18.2 Å². The zero-order valence-electron chi connectivity index (χ0n) is 17.3. The largest absolute Gasteiger partial charge is 0.494 e. The van der Waals surface area contributed by atoms with E-state index >= 15 is 0 Å². The molecule has 0 heterocycles. The fraction of sp³-hybridized carbons (Fsp3) is 0.174. The van der Waals surface area contributed by atoms with Crippen LogP contribution in [-0.2, 0) is 21.4 Å². The van der Waals surface area contributed by atoms with E-state index in [1.807, 2.05) is 31.2 Å². The number of carbonyl (C=O) groups excluding carboxylic acids is 1. The lowest BCUT2D eigenvalue weighted by Crippen LogP contribution is -2.40. The molecule has 0 fully saturated rings. The summed E-state index contributed by atoms with van der Waals surface area (Å²) in [5.41, 5.74) is 1.01. The number of ether oxygens (including phenoxy) is 1. The summed E-state index contributed by atoms with van der Waals surface area (Å²) in [7, 11) is -4.05. The number of hydrogen-bond acceptors (Lipinski definition) is 4. The summed E-state index contributed by atoms with van der Waals surface area (Å²) in [5, 5.41) is 3.23. The van der Waals surface area contributed by atoms with E-state index < -0.39 is 22.5 Å². The minimum absolute atomic E-state index is 0.0466. The first kappa shape index (κ1) is 23.9. The van der Waals surface area contributed by atoms with Crippen LogP contribution in [0.25, 0.3) is 0 Å². The number of nitrogens with zero attached hydrogens (tertiary/aromatic N) is 1. The van der Waals surface area contributed by atoms with Crippen molar-refractivity contribution in [2.45, 2.75) is 18.4 Å². The Balaban J connectivity index is 1.81. The van der Waals surface area contributed by atoms with Gasteiger partial charge in [-0.2, -0.15) is 0 Å². The number of hydrogen-bond donors (Lipinski definition) is 1. The van der Waals surface area contributed by atoms with Crippen molar-refractivity contribution < 1.29 is 17.9 Å². The monoisotopic (exact) mass is 492 g/mol. The molecule has 32 heavy (non-hydrogen) atoms. The van der Waals surface area contributed by atoms with Gasteiger partial charge in [0.2, 0.25) is 5.91 Å².